The second kappa shape index (κ2) is 3.37. The number of carbonyl (C=O) groups is 1. The van der Waals surface area contributed by atoms with E-state index in [0.29, 0.717) is 11.8 Å². The number of halogens is 2. The minimum atomic E-state index is -0.672. The maximum Gasteiger partial charge on any atom is 0.166 e. The van der Waals surface area contributed by atoms with E-state index in [0.717, 1.165) is 31.0 Å². The van der Waals surface area contributed by atoms with E-state index in [1.165, 1.54) is 6.42 Å². The first kappa shape index (κ1) is 9.94. The summed E-state index contributed by atoms with van der Waals surface area (Å²) in [7, 11) is 0. The van der Waals surface area contributed by atoms with Gasteiger partial charge in [-0.25, -0.2) is 8.78 Å². The molecule has 1 aromatic rings. The lowest BCUT2D eigenvalue weighted by Gasteiger charge is -2.03. The summed E-state index contributed by atoms with van der Waals surface area (Å²) in [6.07, 6.45) is 3.38. The number of ketones is 1. The molecule has 3 heteroatoms. The highest BCUT2D eigenvalue weighted by molar-refractivity contribution is 6.00. The molecule has 0 saturated heterocycles. The Morgan fingerprint density at radius 1 is 1.06 bits per heavy atom. The molecule has 1 nitrogen and oxygen atoms in total. The van der Waals surface area contributed by atoms with E-state index in [1.807, 2.05) is 0 Å². The molecule has 0 N–H and O–H groups in total. The van der Waals surface area contributed by atoms with E-state index < -0.39 is 11.6 Å². The second-order valence-electron chi connectivity index (χ2n) is 4.81. The van der Waals surface area contributed by atoms with Crippen molar-refractivity contribution in [2.75, 3.05) is 0 Å². The first-order valence-electron chi connectivity index (χ1n) is 5.67. The average Bonchev–Trinajstić information content (AvgIpc) is 2.68. The van der Waals surface area contributed by atoms with Crippen LogP contribution in [0.15, 0.2) is 18.2 Å². The zero-order valence-electron chi connectivity index (χ0n) is 8.75. The molecule has 2 fully saturated rings. The number of benzene rings is 1. The van der Waals surface area contributed by atoms with Crippen molar-refractivity contribution in [1.82, 2.24) is 0 Å². The normalized spacial score (nSPS) is 31.2. The molecule has 1 aromatic carbocycles. The predicted molar refractivity (Wildman–Crippen MR) is 55.0 cm³/mol. The summed E-state index contributed by atoms with van der Waals surface area (Å²) in [5.74, 6) is -0.413. The zero-order chi connectivity index (χ0) is 11.3. The lowest BCUT2D eigenvalue weighted by Crippen LogP contribution is -2.07. The van der Waals surface area contributed by atoms with Gasteiger partial charge in [0.05, 0.1) is 0 Å². The number of hydrogen-bond donors (Lipinski definition) is 0. The molecule has 3 rings (SSSR count). The van der Waals surface area contributed by atoms with Gasteiger partial charge in [-0.1, -0.05) is 6.42 Å². The summed E-state index contributed by atoms with van der Waals surface area (Å²) in [6.45, 7) is 0. The topological polar surface area (TPSA) is 17.1 Å². The maximum absolute atomic E-state index is 13.0. The van der Waals surface area contributed by atoms with Crippen LogP contribution in [0.25, 0.3) is 0 Å². The molecule has 2 aliphatic carbocycles. The van der Waals surface area contributed by atoms with Crippen molar-refractivity contribution in [3.8, 4) is 0 Å². The zero-order valence-corrected chi connectivity index (χ0v) is 8.75. The molecular formula is C13H12F2O. The highest BCUT2D eigenvalue weighted by Gasteiger charge is 2.56. The van der Waals surface area contributed by atoms with Crippen molar-refractivity contribution in [3.63, 3.8) is 0 Å². The third-order valence-corrected chi connectivity index (χ3v) is 3.86. The Morgan fingerprint density at radius 2 is 1.62 bits per heavy atom. The van der Waals surface area contributed by atoms with Gasteiger partial charge in [0, 0.05) is 17.5 Å². The average molecular weight is 222 g/mol. The summed E-state index contributed by atoms with van der Waals surface area (Å²) >= 11 is 0. The molecule has 84 valence electrons. The van der Waals surface area contributed by atoms with Crippen LogP contribution < -0.4 is 0 Å². The maximum atomic E-state index is 13.0. The van der Waals surface area contributed by atoms with Gasteiger partial charge in [0.25, 0.3) is 0 Å². The molecule has 2 aliphatic rings. The van der Waals surface area contributed by atoms with Crippen LogP contribution in [-0.4, -0.2) is 5.78 Å². The summed E-state index contributed by atoms with van der Waals surface area (Å²) in [5, 5.41) is 0. The minimum Gasteiger partial charge on any atom is -0.294 e. The Morgan fingerprint density at radius 3 is 2.19 bits per heavy atom. The van der Waals surface area contributed by atoms with Crippen LogP contribution in [0, 0.1) is 29.4 Å². The van der Waals surface area contributed by atoms with E-state index in [2.05, 4.69) is 0 Å². The van der Waals surface area contributed by atoms with E-state index in [-0.39, 0.29) is 17.3 Å². The van der Waals surface area contributed by atoms with Gasteiger partial charge in [-0.15, -0.1) is 0 Å². The van der Waals surface area contributed by atoms with Gasteiger partial charge in [-0.2, -0.15) is 0 Å². The summed E-state index contributed by atoms with van der Waals surface area (Å²) < 4.78 is 25.9. The van der Waals surface area contributed by atoms with Crippen LogP contribution in [0.3, 0.4) is 0 Å². The summed E-state index contributed by atoms with van der Waals surface area (Å²) in [4.78, 5) is 12.0. The monoisotopic (exact) mass is 222 g/mol. The fourth-order valence-electron chi connectivity index (χ4n) is 3.10. The van der Waals surface area contributed by atoms with Crippen LogP contribution in [0.5, 0.6) is 0 Å². The first-order valence-corrected chi connectivity index (χ1v) is 5.67. The number of fused-ring (bicyclic) bond motifs is 1. The molecule has 0 heterocycles. The van der Waals surface area contributed by atoms with E-state index in [1.54, 1.807) is 0 Å². The molecule has 2 atom stereocenters. The Labute approximate surface area is 92.5 Å². The molecular weight excluding hydrogens is 210 g/mol. The SMILES string of the molecule is O=C(c1cc(F)cc(F)c1)C1C2CCCC21. The van der Waals surface area contributed by atoms with Gasteiger partial charge in [0.2, 0.25) is 0 Å². The van der Waals surface area contributed by atoms with Gasteiger partial charge in [0.15, 0.2) is 5.78 Å². The molecule has 0 bridgehead atoms. The largest absolute Gasteiger partial charge is 0.294 e. The first-order chi connectivity index (χ1) is 7.66. The highest BCUT2D eigenvalue weighted by atomic mass is 19.1. The number of hydrogen-bond acceptors (Lipinski definition) is 1. The van der Waals surface area contributed by atoms with Crippen LogP contribution in [0.2, 0.25) is 0 Å². The quantitative estimate of drug-likeness (QED) is 0.702. The van der Waals surface area contributed by atoms with Crippen LogP contribution in [0.1, 0.15) is 29.6 Å². The fourth-order valence-corrected chi connectivity index (χ4v) is 3.10. The predicted octanol–water partition coefficient (Wildman–Crippen LogP) is 3.19. The molecule has 16 heavy (non-hydrogen) atoms. The van der Waals surface area contributed by atoms with E-state index in [4.69, 9.17) is 0 Å². The molecule has 0 aromatic heterocycles. The van der Waals surface area contributed by atoms with Crippen LogP contribution in [0.4, 0.5) is 8.78 Å². The molecule has 2 unspecified atom stereocenters. The lowest BCUT2D eigenvalue weighted by atomic mass is 10.0. The van der Waals surface area contributed by atoms with Crippen molar-refractivity contribution in [1.29, 1.82) is 0 Å². The van der Waals surface area contributed by atoms with Gasteiger partial charge in [-0.05, 0) is 36.8 Å². The molecule has 0 spiro atoms. The third kappa shape index (κ3) is 1.46. The van der Waals surface area contributed by atoms with E-state index in [9.17, 15) is 13.6 Å². The summed E-state index contributed by atoms with van der Waals surface area (Å²) in [6, 6.07) is 3.07. The van der Waals surface area contributed by atoms with Crippen LogP contribution in [-0.2, 0) is 0 Å². The number of rotatable bonds is 2. The van der Waals surface area contributed by atoms with Crippen molar-refractivity contribution in [2.45, 2.75) is 19.3 Å². The molecule has 0 aliphatic heterocycles. The van der Waals surface area contributed by atoms with E-state index >= 15 is 0 Å². The Hall–Kier alpha value is -1.25. The van der Waals surface area contributed by atoms with Crippen molar-refractivity contribution in [3.05, 3.63) is 35.4 Å². The molecule has 2 saturated carbocycles. The Balaban J connectivity index is 1.84. The van der Waals surface area contributed by atoms with Gasteiger partial charge in [0.1, 0.15) is 11.6 Å². The number of Topliss-reactive ketones (excluding diaryl/α,β-unsaturated/α-hetero) is 1. The van der Waals surface area contributed by atoms with Crippen molar-refractivity contribution >= 4 is 5.78 Å². The molecule has 0 radical (unpaired) electrons. The second-order valence-corrected chi connectivity index (χ2v) is 4.81. The molecule has 0 amide bonds. The highest BCUT2D eigenvalue weighted by Crippen LogP contribution is 2.58. The number of carbonyl (C=O) groups excluding carboxylic acids is 1. The Kier molecular flexibility index (Phi) is 2.09. The standard InChI is InChI=1S/C13H12F2O/c14-8-4-7(5-9(15)6-8)13(16)12-10-2-1-3-11(10)12/h4-6,10-12H,1-3H2. The fraction of sp³-hybridized carbons (Fsp3) is 0.462. The van der Waals surface area contributed by atoms with Crippen molar-refractivity contribution in [2.24, 2.45) is 17.8 Å². The van der Waals surface area contributed by atoms with Crippen LogP contribution >= 0.6 is 0 Å². The lowest BCUT2D eigenvalue weighted by molar-refractivity contribution is 0.0950. The summed E-state index contributed by atoms with van der Waals surface area (Å²) in [5.41, 5.74) is 0.192. The van der Waals surface area contributed by atoms with Gasteiger partial charge in [-0.3, -0.25) is 4.79 Å². The van der Waals surface area contributed by atoms with Crippen molar-refractivity contribution < 1.29 is 13.6 Å². The third-order valence-electron chi connectivity index (χ3n) is 3.86. The smallest absolute Gasteiger partial charge is 0.166 e. The van der Waals surface area contributed by atoms with Gasteiger partial charge >= 0.3 is 0 Å². The minimum absolute atomic E-state index is 0.0370. The van der Waals surface area contributed by atoms with Gasteiger partial charge < -0.3 is 0 Å². The Bertz CT molecular complexity index is 425.